The summed E-state index contributed by atoms with van der Waals surface area (Å²) in [5.41, 5.74) is 10.2. The van der Waals surface area contributed by atoms with Crippen molar-refractivity contribution in [1.29, 1.82) is 0 Å². The molecule has 0 radical (unpaired) electrons. The first-order chi connectivity index (χ1) is 14.4. The molecule has 1 aliphatic carbocycles. The maximum atomic E-state index is 13.7. The SMILES string of the molecule is Cc1ccc(-n2nc(C(=O)N(C)C(C(N)=O)c3cccc(F)c3)c3c2CCC3)cc1. The highest BCUT2D eigenvalue weighted by Crippen LogP contribution is 2.30. The number of nitrogens with two attached hydrogens (primary N) is 1. The number of halogens is 1. The Morgan fingerprint density at radius 3 is 2.57 bits per heavy atom. The van der Waals surface area contributed by atoms with Crippen LogP contribution in [0.4, 0.5) is 4.39 Å². The molecule has 1 aliphatic rings. The first-order valence-corrected chi connectivity index (χ1v) is 9.86. The molecule has 6 nitrogen and oxygen atoms in total. The number of aryl methyl sites for hydroxylation is 1. The van der Waals surface area contributed by atoms with Crippen molar-refractivity contribution >= 4 is 11.8 Å². The van der Waals surface area contributed by atoms with Crippen LogP contribution in [0.15, 0.2) is 48.5 Å². The van der Waals surface area contributed by atoms with Gasteiger partial charge in [-0.25, -0.2) is 9.07 Å². The van der Waals surface area contributed by atoms with E-state index in [-0.39, 0.29) is 0 Å². The number of amides is 2. The summed E-state index contributed by atoms with van der Waals surface area (Å²) in [4.78, 5) is 26.8. The van der Waals surface area contributed by atoms with Crippen molar-refractivity contribution in [1.82, 2.24) is 14.7 Å². The Hall–Kier alpha value is -3.48. The van der Waals surface area contributed by atoms with E-state index in [1.54, 1.807) is 6.07 Å². The molecule has 1 unspecified atom stereocenters. The Labute approximate surface area is 174 Å². The topological polar surface area (TPSA) is 81.2 Å². The van der Waals surface area contributed by atoms with Crippen molar-refractivity contribution in [3.05, 3.63) is 82.4 Å². The lowest BCUT2D eigenvalue weighted by Gasteiger charge is -2.25. The maximum absolute atomic E-state index is 13.7. The van der Waals surface area contributed by atoms with Crippen molar-refractivity contribution < 1.29 is 14.0 Å². The lowest BCUT2D eigenvalue weighted by Crippen LogP contribution is -2.39. The lowest BCUT2D eigenvalue weighted by molar-refractivity contribution is -0.122. The molecular weight excluding hydrogens is 383 g/mol. The van der Waals surface area contributed by atoms with E-state index in [0.29, 0.717) is 11.3 Å². The standard InChI is InChI=1S/C23H23FN4O2/c1-14-9-11-17(12-10-14)28-19-8-4-7-18(19)20(26-28)23(30)27(2)21(22(25)29)15-5-3-6-16(24)13-15/h3,5-6,9-13,21H,4,7-8H2,1-2H3,(H2,25,29). The number of fused-ring (bicyclic) bond motifs is 1. The van der Waals surface area contributed by atoms with Crippen LogP contribution in [0.2, 0.25) is 0 Å². The normalized spacial score (nSPS) is 13.7. The molecule has 2 N–H and O–H groups in total. The number of primary amides is 1. The predicted octanol–water partition coefficient (Wildman–Crippen LogP) is 3.11. The second-order valence-electron chi connectivity index (χ2n) is 7.65. The zero-order valence-corrected chi connectivity index (χ0v) is 16.9. The minimum atomic E-state index is -1.09. The minimum absolute atomic E-state index is 0.313. The molecule has 0 saturated heterocycles. The third-order valence-electron chi connectivity index (χ3n) is 5.55. The van der Waals surface area contributed by atoms with E-state index in [0.717, 1.165) is 41.8 Å². The van der Waals surface area contributed by atoms with Crippen LogP contribution in [0.25, 0.3) is 5.69 Å². The van der Waals surface area contributed by atoms with E-state index >= 15 is 0 Å². The molecule has 0 aliphatic heterocycles. The Kier molecular flexibility index (Phi) is 5.11. The first-order valence-electron chi connectivity index (χ1n) is 9.86. The van der Waals surface area contributed by atoms with Gasteiger partial charge < -0.3 is 10.6 Å². The molecule has 30 heavy (non-hydrogen) atoms. The van der Waals surface area contributed by atoms with Gasteiger partial charge in [-0.15, -0.1) is 0 Å². The monoisotopic (exact) mass is 406 g/mol. The fraction of sp³-hybridized carbons (Fsp3) is 0.261. The zero-order valence-electron chi connectivity index (χ0n) is 16.9. The lowest BCUT2D eigenvalue weighted by atomic mass is 10.0. The molecule has 0 spiro atoms. The molecule has 0 saturated carbocycles. The molecule has 2 aromatic carbocycles. The van der Waals surface area contributed by atoms with Gasteiger partial charge in [-0.2, -0.15) is 5.10 Å². The maximum Gasteiger partial charge on any atom is 0.275 e. The molecule has 1 aromatic heterocycles. The summed E-state index contributed by atoms with van der Waals surface area (Å²) in [6.07, 6.45) is 2.51. The van der Waals surface area contributed by atoms with Crippen LogP contribution in [0.3, 0.4) is 0 Å². The number of hydrogen-bond acceptors (Lipinski definition) is 3. The van der Waals surface area contributed by atoms with Crippen molar-refractivity contribution in [2.24, 2.45) is 5.73 Å². The van der Waals surface area contributed by atoms with Crippen LogP contribution >= 0.6 is 0 Å². The van der Waals surface area contributed by atoms with Crippen molar-refractivity contribution in [3.8, 4) is 5.69 Å². The van der Waals surface area contributed by atoms with Gasteiger partial charge in [0.15, 0.2) is 5.69 Å². The number of carbonyl (C=O) groups is 2. The number of hydrogen-bond donors (Lipinski definition) is 1. The summed E-state index contributed by atoms with van der Waals surface area (Å²) in [7, 11) is 1.49. The van der Waals surface area contributed by atoms with Gasteiger partial charge in [0.2, 0.25) is 5.91 Å². The number of benzene rings is 2. The van der Waals surface area contributed by atoms with Gasteiger partial charge in [0.1, 0.15) is 11.9 Å². The van der Waals surface area contributed by atoms with Gasteiger partial charge in [0.05, 0.1) is 5.69 Å². The van der Waals surface area contributed by atoms with Gasteiger partial charge in [-0.1, -0.05) is 29.8 Å². The minimum Gasteiger partial charge on any atom is -0.368 e. The molecule has 2 amide bonds. The van der Waals surface area contributed by atoms with E-state index < -0.39 is 23.7 Å². The summed E-state index contributed by atoms with van der Waals surface area (Å²) >= 11 is 0. The molecule has 1 atom stereocenters. The number of likely N-dealkylation sites (N-methyl/N-ethyl adjacent to an activating group) is 1. The smallest absolute Gasteiger partial charge is 0.275 e. The van der Waals surface area contributed by atoms with Crippen LogP contribution in [-0.4, -0.2) is 33.5 Å². The summed E-state index contributed by atoms with van der Waals surface area (Å²) in [6.45, 7) is 2.01. The third kappa shape index (κ3) is 3.47. The van der Waals surface area contributed by atoms with Crippen molar-refractivity contribution in [2.45, 2.75) is 32.2 Å². The van der Waals surface area contributed by atoms with E-state index in [4.69, 9.17) is 5.73 Å². The average Bonchev–Trinajstić information content (AvgIpc) is 3.31. The quantitative estimate of drug-likeness (QED) is 0.707. The Morgan fingerprint density at radius 1 is 1.17 bits per heavy atom. The molecule has 4 rings (SSSR count). The van der Waals surface area contributed by atoms with Crippen molar-refractivity contribution in [3.63, 3.8) is 0 Å². The second-order valence-corrected chi connectivity index (χ2v) is 7.65. The van der Waals surface area contributed by atoms with E-state index in [1.165, 1.54) is 30.1 Å². The van der Waals surface area contributed by atoms with Crippen LogP contribution in [0.5, 0.6) is 0 Å². The molecule has 0 bridgehead atoms. The highest BCUT2D eigenvalue weighted by molar-refractivity contribution is 5.97. The first kappa shape index (κ1) is 19.8. The van der Waals surface area contributed by atoms with Crippen LogP contribution in [-0.2, 0) is 17.6 Å². The van der Waals surface area contributed by atoms with Gasteiger partial charge in [-0.3, -0.25) is 9.59 Å². The molecule has 7 heteroatoms. The average molecular weight is 406 g/mol. The number of rotatable bonds is 5. The zero-order chi connectivity index (χ0) is 21.4. The molecule has 3 aromatic rings. The summed E-state index contributed by atoms with van der Waals surface area (Å²) in [5.74, 6) is -1.64. The molecule has 154 valence electrons. The Morgan fingerprint density at radius 2 is 1.90 bits per heavy atom. The summed E-state index contributed by atoms with van der Waals surface area (Å²) < 4.78 is 15.5. The molecule has 0 fully saturated rings. The second kappa shape index (κ2) is 7.74. The largest absolute Gasteiger partial charge is 0.368 e. The number of aromatic nitrogens is 2. The van der Waals surface area contributed by atoms with Crippen LogP contribution in [0.1, 0.15) is 45.3 Å². The van der Waals surface area contributed by atoms with E-state index in [2.05, 4.69) is 5.10 Å². The van der Waals surface area contributed by atoms with E-state index in [1.807, 2.05) is 35.9 Å². The summed E-state index contributed by atoms with van der Waals surface area (Å²) in [6, 6.07) is 12.4. The summed E-state index contributed by atoms with van der Waals surface area (Å²) in [5, 5.41) is 4.60. The molecular formula is C23H23FN4O2. The number of nitrogens with zero attached hydrogens (tertiary/aromatic N) is 3. The Balaban J connectivity index is 1.73. The van der Waals surface area contributed by atoms with Crippen molar-refractivity contribution in [2.75, 3.05) is 7.05 Å². The third-order valence-corrected chi connectivity index (χ3v) is 5.55. The molecule has 1 heterocycles. The van der Waals surface area contributed by atoms with Gasteiger partial charge >= 0.3 is 0 Å². The van der Waals surface area contributed by atoms with Gasteiger partial charge in [0, 0.05) is 18.3 Å². The van der Waals surface area contributed by atoms with E-state index in [9.17, 15) is 14.0 Å². The predicted molar refractivity (Wildman–Crippen MR) is 111 cm³/mol. The Bertz CT molecular complexity index is 1120. The number of carbonyl (C=O) groups excluding carboxylic acids is 2. The van der Waals surface area contributed by atoms with Gasteiger partial charge in [0.25, 0.3) is 5.91 Å². The highest BCUT2D eigenvalue weighted by Gasteiger charge is 2.33. The highest BCUT2D eigenvalue weighted by atomic mass is 19.1. The van der Waals surface area contributed by atoms with Crippen LogP contribution < -0.4 is 5.73 Å². The van der Waals surface area contributed by atoms with Crippen LogP contribution in [0, 0.1) is 12.7 Å². The van der Waals surface area contributed by atoms with Gasteiger partial charge in [-0.05, 0) is 56.0 Å². The fourth-order valence-corrected chi connectivity index (χ4v) is 4.05. The fourth-order valence-electron chi connectivity index (χ4n) is 4.05.